The standard InChI is InChI=1S/C13H14F3NO2S/c14-13(15,16)9-2-3-10-11(6-9)20(18,19)8-12(7-17-10)4-1-5-12/h2-3,6,17H,1,4-5,7-8H2. The van der Waals surface area contributed by atoms with Crippen LogP contribution in [0.25, 0.3) is 0 Å². The van der Waals surface area contributed by atoms with Crippen molar-refractivity contribution in [3.8, 4) is 0 Å². The summed E-state index contributed by atoms with van der Waals surface area (Å²) in [7, 11) is -3.69. The van der Waals surface area contributed by atoms with E-state index >= 15 is 0 Å². The van der Waals surface area contributed by atoms with Crippen LogP contribution in [0.5, 0.6) is 0 Å². The Morgan fingerprint density at radius 2 is 1.90 bits per heavy atom. The van der Waals surface area contributed by atoms with Gasteiger partial charge < -0.3 is 5.32 Å². The van der Waals surface area contributed by atoms with Crippen molar-refractivity contribution in [2.45, 2.75) is 30.3 Å². The van der Waals surface area contributed by atoms with Crippen molar-refractivity contribution in [1.29, 1.82) is 0 Å². The highest BCUT2D eigenvalue weighted by molar-refractivity contribution is 7.91. The molecule has 1 N–H and O–H groups in total. The van der Waals surface area contributed by atoms with E-state index in [-0.39, 0.29) is 21.8 Å². The van der Waals surface area contributed by atoms with E-state index in [1.807, 2.05) is 0 Å². The largest absolute Gasteiger partial charge is 0.416 e. The van der Waals surface area contributed by atoms with Crippen molar-refractivity contribution in [3.05, 3.63) is 23.8 Å². The number of nitrogens with one attached hydrogen (secondary N) is 1. The first-order chi connectivity index (χ1) is 9.22. The smallest absolute Gasteiger partial charge is 0.383 e. The molecule has 110 valence electrons. The quantitative estimate of drug-likeness (QED) is 0.801. The van der Waals surface area contributed by atoms with Gasteiger partial charge in [-0.05, 0) is 31.0 Å². The number of alkyl halides is 3. The first-order valence-electron chi connectivity index (χ1n) is 6.40. The van der Waals surface area contributed by atoms with Crippen LogP contribution in [0.15, 0.2) is 23.1 Å². The summed E-state index contributed by atoms with van der Waals surface area (Å²) >= 11 is 0. The van der Waals surface area contributed by atoms with Crippen LogP contribution in [0.1, 0.15) is 24.8 Å². The lowest BCUT2D eigenvalue weighted by Gasteiger charge is -2.40. The topological polar surface area (TPSA) is 46.2 Å². The summed E-state index contributed by atoms with van der Waals surface area (Å²) in [5.74, 6) is -0.0681. The number of anilines is 1. The van der Waals surface area contributed by atoms with E-state index in [2.05, 4.69) is 5.32 Å². The minimum atomic E-state index is -4.54. The molecular formula is C13H14F3NO2S. The van der Waals surface area contributed by atoms with Crippen molar-refractivity contribution in [3.63, 3.8) is 0 Å². The predicted molar refractivity (Wildman–Crippen MR) is 68.3 cm³/mol. The Bertz CT molecular complexity index is 648. The van der Waals surface area contributed by atoms with Crippen molar-refractivity contribution in [2.75, 3.05) is 17.6 Å². The lowest BCUT2D eigenvalue weighted by Crippen LogP contribution is -2.40. The molecule has 1 aromatic carbocycles. The molecule has 1 aliphatic carbocycles. The minimum absolute atomic E-state index is 0.0681. The third-order valence-corrected chi connectivity index (χ3v) is 6.21. The monoisotopic (exact) mass is 305 g/mol. The summed E-state index contributed by atoms with van der Waals surface area (Å²) in [4.78, 5) is -0.226. The number of fused-ring (bicyclic) bond motifs is 1. The van der Waals surface area contributed by atoms with Gasteiger partial charge in [-0.1, -0.05) is 6.42 Å². The second-order valence-electron chi connectivity index (χ2n) is 5.67. The second kappa shape index (κ2) is 4.13. The van der Waals surface area contributed by atoms with Crippen molar-refractivity contribution in [1.82, 2.24) is 0 Å². The van der Waals surface area contributed by atoms with Crippen LogP contribution in [0, 0.1) is 5.41 Å². The van der Waals surface area contributed by atoms with Gasteiger partial charge in [0.1, 0.15) is 0 Å². The van der Waals surface area contributed by atoms with Crippen LogP contribution in [0.2, 0.25) is 0 Å². The zero-order chi connectivity index (χ0) is 14.6. The Morgan fingerprint density at radius 3 is 2.45 bits per heavy atom. The molecule has 20 heavy (non-hydrogen) atoms. The van der Waals surface area contributed by atoms with Gasteiger partial charge in [-0.3, -0.25) is 0 Å². The molecule has 0 unspecified atom stereocenters. The molecule has 1 aromatic rings. The van der Waals surface area contributed by atoms with E-state index in [1.54, 1.807) is 0 Å². The van der Waals surface area contributed by atoms with E-state index < -0.39 is 21.6 Å². The zero-order valence-electron chi connectivity index (χ0n) is 10.6. The van der Waals surface area contributed by atoms with Gasteiger partial charge in [0.25, 0.3) is 0 Å². The first kappa shape index (κ1) is 13.7. The summed E-state index contributed by atoms with van der Waals surface area (Å²) in [5, 5.41) is 3.01. The maximum absolute atomic E-state index is 12.7. The van der Waals surface area contributed by atoms with Crippen molar-refractivity contribution >= 4 is 15.5 Å². The zero-order valence-corrected chi connectivity index (χ0v) is 11.4. The van der Waals surface area contributed by atoms with Gasteiger partial charge in [0.05, 0.1) is 21.9 Å². The van der Waals surface area contributed by atoms with Gasteiger partial charge in [0.2, 0.25) is 0 Å². The van der Waals surface area contributed by atoms with Crippen molar-refractivity contribution < 1.29 is 21.6 Å². The molecule has 0 radical (unpaired) electrons. The second-order valence-corrected chi connectivity index (χ2v) is 7.63. The Hall–Kier alpha value is -1.24. The number of hydrogen-bond acceptors (Lipinski definition) is 3. The third-order valence-electron chi connectivity index (χ3n) is 4.21. The number of halogens is 3. The predicted octanol–water partition coefficient (Wildman–Crippen LogP) is 3.07. The van der Waals surface area contributed by atoms with Crippen LogP contribution >= 0.6 is 0 Å². The van der Waals surface area contributed by atoms with Crippen LogP contribution in [-0.2, 0) is 16.0 Å². The van der Waals surface area contributed by atoms with Gasteiger partial charge >= 0.3 is 6.18 Å². The molecule has 1 spiro atoms. The number of hydrogen-bond donors (Lipinski definition) is 1. The third kappa shape index (κ3) is 2.17. The summed E-state index contributed by atoms with van der Waals surface area (Å²) in [6, 6.07) is 2.88. The Kier molecular flexibility index (Phi) is 2.83. The molecule has 3 nitrogen and oxygen atoms in total. The van der Waals surface area contributed by atoms with Gasteiger partial charge in [0.15, 0.2) is 9.84 Å². The van der Waals surface area contributed by atoms with Crippen LogP contribution in [0.4, 0.5) is 18.9 Å². The molecule has 1 aliphatic heterocycles. The molecule has 1 heterocycles. The number of rotatable bonds is 0. The fourth-order valence-electron chi connectivity index (χ4n) is 2.91. The summed E-state index contributed by atoms with van der Waals surface area (Å²) in [6.07, 6.45) is -1.95. The lowest BCUT2D eigenvalue weighted by atomic mass is 9.70. The Balaban J connectivity index is 2.08. The SMILES string of the molecule is O=S1(=O)CC2(CCC2)CNc2ccc(C(F)(F)F)cc21. The van der Waals surface area contributed by atoms with E-state index in [9.17, 15) is 21.6 Å². The molecule has 2 aliphatic rings. The highest BCUT2D eigenvalue weighted by Gasteiger charge is 2.44. The molecule has 3 rings (SSSR count). The molecule has 0 atom stereocenters. The maximum Gasteiger partial charge on any atom is 0.416 e. The number of sulfone groups is 1. The fraction of sp³-hybridized carbons (Fsp3) is 0.538. The molecule has 1 fully saturated rings. The average Bonchev–Trinajstić information content (AvgIpc) is 2.42. The number of benzene rings is 1. The first-order valence-corrected chi connectivity index (χ1v) is 8.05. The Labute approximate surface area is 115 Å². The summed E-state index contributed by atoms with van der Waals surface area (Å²) < 4.78 is 62.9. The lowest BCUT2D eigenvalue weighted by molar-refractivity contribution is -0.137. The maximum atomic E-state index is 12.7. The van der Waals surface area contributed by atoms with E-state index in [1.165, 1.54) is 6.07 Å². The van der Waals surface area contributed by atoms with E-state index in [0.717, 1.165) is 31.4 Å². The van der Waals surface area contributed by atoms with Crippen LogP contribution in [-0.4, -0.2) is 20.7 Å². The van der Waals surface area contributed by atoms with Gasteiger partial charge in [-0.2, -0.15) is 13.2 Å². The molecule has 0 aromatic heterocycles. The highest BCUT2D eigenvalue weighted by atomic mass is 32.2. The minimum Gasteiger partial charge on any atom is -0.383 e. The molecule has 0 bridgehead atoms. The molecular weight excluding hydrogens is 291 g/mol. The van der Waals surface area contributed by atoms with Crippen LogP contribution in [0.3, 0.4) is 0 Å². The van der Waals surface area contributed by atoms with E-state index in [0.29, 0.717) is 6.54 Å². The highest BCUT2D eigenvalue weighted by Crippen LogP contribution is 2.46. The molecule has 1 saturated carbocycles. The summed E-state index contributed by atoms with van der Waals surface area (Å²) in [5.41, 5.74) is -0.955. The Morgan fingerprint density at radius 1 is 1.20 bits per heavy atom. The van der Waals surface area contributed by atoms with Gasteiger partial charge in [-0.25, -0.2) is 8.42 Å². The van der Waals surface area contributed by atoms with E-state index in [4.69, 9.17) is 0 Å². The van der Waals surface area contributed by atoms with Gasteiger partial charge in [-0.15, -0.1) is 0 Å². The molecule has 0 amide bonds. The summed E-state index contributed by atoms with van der Waals surface area (Å²) in [6.45, 7) is 0.505. The van der Waals surface area contributed by atoms with Crippen molar-refractivity contribution in [2.24, 2.45) is 5.41 Å². The molecule has 0 saturated heterocycles. The normalized spacial score (nSPS) is 23.4. The molecule has 7 heteroatoms. The van der Waals surface area contributed by atoms with Crippen LogP contribution < -0.4 is 5.32 Å². The van der Waals surface area contributed by atoms with Gasteiger partial charge in [0, 0.05) is 12.0 Å². The average molecular weight is 305 g/mol. The fourth-order valence-corrected chi connectivity index (χ4v) is 5.05.